The Morgan fingerprint density at radius 3 is 1.33 bits per heavy atom. The van der Waals surface area contributed by atoms with E-state index < -0.39 is 5.41 Å². The molecule has 0 bridgehead atoms. The summed E-state index contributed by atoms with van der Waals surface area (Å²) in [5.74, 6) is 0.103. The predicted molar refractivity (Wildman–Crippen MR) is 124 cm³/mol. The number of benzene rings is 4. The second-order valence-corrected chi connectivity index (χ2v) is 7.86. The summed E-state index contributed by atoms with van der Waals surface area (Å²) in [6.07, 6.45) is 0. The van der Waals surface area contributed by atoms with Crippen LogP contribution in [0.5, 0.6) is 0 Å². The number of carbonyl (C=O) groups is 1. The summed E-state index contributed by atoms with van der Waals surface area (Å²) in [5, 5.41) is 0. The van der Waals surface area contributed by atoms with Gasteiger partial charge in [-0.1, -0.05) is 103 Å². The molecule has 30 heavy (non-hydrogen) atoms. The lowest BCUT2D eigenvalue weighted by Gasteiger charge is -2.35. The maximum Gasteiger partial charge on any atom is 0.182 e. The smallest absolute Gasteiger partial charge is 0.182 e. The Labute approximate surface area is 179 Å². The van der Waals surface area contributed by atoms with Crippen LogP contribution in [0.1, 0.15) is 43.7 Å². The molecule has 1 nitrogen and oxygen atoms in total. The summed E-state index contributed by atoms with van der Waals surface area (Å²) in [6.45, 7) is 6.24. The fourth-order valence-electron chi connectivity index (χ4n) is 4.36. The lowest BCUT2D eigenvalue weighted by Crippen LogP contribution is -2.39. The first-order valence-corrected chi connectivity index (χ1v) is 10.3. The molecule has 4 aromatic rings. The maximum absolute atomic E-state index is 14.6. The second-order valence-electron chi connectivity index (χ2n) is 7.86. The van der Waals surface area contributed by atoms with E-state index in [1.165, 1.54) is 11.1 Å². The fourth-order valence-corrected chi connectivity index (χ4v) is 4.36. The van der Waals surface area contributed by atoms with Crippen LogP contribution in [0.2, 0.25) is 0 Å². The van der Waals surface area contributed by atoms with Gasteiger partial charge < -0.3 is 0 Å². The number of hydrogen-bond donors (Lipinski definition) is 0. The Hall–Kier alpha value is -3.45. The quantitative estimate of drug-likeness (QED) is 0.270. The van der Waals surface area contributed by atoms with Crippen molar-refractivity contribution >= 4 is 5.78 Å². The van der Waals surface area contributed by atoms with Crippen molar-refractivity contribution in [2.24, 2.45) is 0 Å². The standard InChI is InChI=1S/C29H26O/c1-21-19-20-27(23(3)22(21)2)28(30)29(24-13-7-4-8-14-24,25-15-9-5-10-16-25)26-17-11-6-12-18-26/h4-20H,1-3H3. The minimum Gasteiger partial charge on any atom is -0.292 e. The predicted octanol–water partition coefficient (Wildman–Crippen LogP) is 6.83. The number of aryl methyl sites for hydroxylation is 1. The van der Waals surface area contributed by atoms with Gasteiger partial charge in [0.1, 0.15) is 5.41 Å². The molecular formula is C29H26O. The molecule has 0 fully saturated rings. The van der Waals surface area contributed by atoms with Gasteiger partial charge in [0.15, 0.2) is 5.78 Å². The van der Waals surface area contributed by atoms with Gasteiger partial charge in [-0.25, -0.2) is 0 Å². The summed E-state index contributed by atoms with van der Waals surface area (Å²) < 4.78 is 0. The van der Waals surface area contributed by atoms with Gasteiger partial charge in [-0.05, 0) is 54.2 Å². The van der Waals surface area contributed by atoms with Crippen LogP contribution in [-0.4, -0.2) is 5.78 Å². The van der Waals surface area contributed by atoms with Crippen molar-refractivity contribution in [2.45, 2.75) is 26.2 Å². The summed E-state index contributed by atoms with van der Waals surface area (Å²) in [7, 11) is 0. The van der Waals surface area contributed by atoms with E-state index in [0.29, 0.717) is 0 Å². The zero-order valence-corrected chi connectivity index (χ0v) is 17.7. The Balaban J connectivity index is 2.11. The molecule has 0 saturated heterocycles. The van der Waals surface area contributed by atoms with Gasteiger partial charge in [-0.3, -0.25) is 4.79 Å². The lowest BCUT2D eigenvalue weighted by atomic mass is 9.64. The summed E-state index contributed by atoms with van der Waals surface area (Å²) >= 11 is 0. The van der Waals surface area contributed by atoms with E-state index in [-0.39, 0.29) is 5.78 Å². The van der Waals surface area contributed by atoms with Gasteiger partial charge in [-0.2, -0.15) is 0 Å². The van der Waals surface area contributed by atoms with Gasteiger partial charge in [0.25, 0.3) is 0 Å². The number of Topliss-reactive ketones (excluding diaryl/α,β-unsaturated/α-hetero) is 1. The van der Waals surface area contributed by atoms with Crippen LogP contribution in [0.3, 0.4) is 0 Å². The zero-order chi connectivity index (χ0) is 21.1. The van der Waals surface area contributed by atoms with Crippen LogP contribution >= 0.6 is 0 Å². The number of carbonyl (C=O) groups excluding carboxylic acids is 1. The fraction of sp³-hybridized carbons (Fsp3) is 0.138. The molecule has 0 aliphatic carbocycles. The molecular weight excluding hydrogens is 364 g/mol. The number of ketones is 1. The highest BCUT2D eigenvalue weighted by atomic mass is 16.1. The average Bonchev–Trinajstić information content (AvgIpc) is 2.80. The average molecular weight is 391 g/mol. The van der Waals surface area contributed by atoms with Crippen LogP contribution in [0, 0.1) is 20.8 Å². The summed E-state index contributed by atoms with van der Waals surface area (Å²) in [6, 6.07) is 34.5. The summed E-state index contributed by atoms with van der Waals surface area (Å²) in [4.78, 5) is 14.6. The van der Waals surface area contributed by atoms with E-state index >= 15 is 0 Å². The van der Waals surface area contributed by atoms with Crippen molar-refractivity contribution in [1.29, 1.82) is 0 Å². The molecule has 0 radical (unpaired) electrons. The molecule has 0 aromatic heterocycles. The third-order valence-corrected chi connectivity index (χ3v) is 6.26. The SMILES string of the molecule is Cc1ccc(C(=O)C(c2ccccc2)(c2ccccc2)c2ccccc2)c(C)c1C. The highest BCUT2D eigenvalue weighted by Gasteiger charge is 2.44. The number of hydrogen-bond acceptors (Lipinski definition) is 1. The van der Waals surface area contributed by atoms with E-state index in [2.05, 4.69) is 63.2 Å². The van der Waals surface area contributed by atoms with Crippen molar-refractivity contribution in [3.05, 3.63) is 142 Å². The lowest BCUT2D eigenvalue weighted by molar-refractivity contribution is 0.0934. The van der Waals surface area contributed by atoms with Crippen molar-refractivity contribution in [3.8, 4) is 0 Å². The molecule has 4 rings (SSSR count). The topological polar surface area (TPSA) is 17.1 Å². The molecule has 4 aromatic carbocycles. The maximum atomic E-state index is 14.6. The molecule has 0 spiro atoms. The molecule has 0 atom stereocenters. The third-order valence-electron chi connectivity index (χ3n) is 6.26. The van der Waals surface area contributed by atoms with Crippen LogP contribution < -0.4 is 0 Å². The van der Waals surface area contributed by atoms with E-state index in [4.69, 9.17) is 0 Å². The van der Waals surface area contributed by atoms with Crippen LogP contribution in [0.15, 0.2) is 103 Å². The second kappa shape index (κ2) is 8.12. The van der Waals surface area contributed by atoms with Crippen molar-refractivity contribution in [1.82, 2.24) is 0 Å². The first-order valence-electron chi connectivity index (χ1n) is 10.3. The van der Waals surface area contributed by atoms with Crippen molar-refractivity contribution in [3.63, 3.8) is 0 Å². The van der Waals surface area contributed by atoms with E-state index in [0.717, 1.165) is 27.8 Å². The molecule has 0 aliphatic heterocycles. The molecule has 0 saturated carbocycles. The molecule has 0 heterocycles. The van der Waals surface area contributed by atoms with Gasteiger partial charge >= 0.3 is 0 Å². The van der Waals surface area contributed by atoms with Crippen molar-refractivity contribution < 1.29 is 4.79 Å². The Kier molecular flexibility index (Phi) is 5.37. The number of rotatable bonds is 5. The first kappa shape index (κ1) is 19.8. The van der Waals surface area contributed by atoms with Gasteiger partial charge in [0.2, 0.25) is 0 Å². The van der Waals surface area contributed by atoms with E-state index in [9.17, 15) is 4.79 Å². The monoisotopic (exact) mass is 390 g/mol. The minimum atomic E-state index is -0.920. The van der Waals surface area contributed by atoms with Crippen LogP contribution in [0.4, 0.5) is 0 Å². The van der Waals surface area contributed by atoms with Crippen LogP contribution in [-0.2, 0) is 5.41 Å². The largest absolute Gasteiger partial charge is 0.292 e. The van der Waals surface area contributed by atoms with Crippen LogP contribution in [0.25, 0.3) is 0 Å². The molecule has 148 valence electrons. The molecule has 0 N–H and O–H groups in total. The summed E-state index contributed by atoms with van der Waals surface area (Å²) in [5.41, 5.74) is 6.20. The first-order chi connectivity index (χ1) is 14.6. The van der Waals surface area contributed by atoms with E-state index in [1.807, 2.05) is 60.7 Å². The van der Waals surface area contributed by atoms with Gasteiger partial charge in [-0.15, -0.1) is 0 Å². The normalized spacial score (nSPS) is 11.3. The molecule has 0 aliphatic rings. The van der Waals surface area contributed by atoms with Gasteiger partial charge in [0, 0.05) is 5.56 Å². The Bertz CT molecular complexity index is 1060. The van der Waals surface area contributed by atoms with Gasteiger partial charge in [0.05, 0.1) is 0 Å². The highest BCUT2D eigenvalue weighted by Crippen LogP contribution is 2.42. The van der Waals surface area contributed by atoms with Crippen molar-refractivity contribution in [2.75, 3.05) is 0 Å². The minimum absolute atomic E-state index is 0.103. The molecule has 0 amide bonds. The molecule has 0 unspecified atom stereocenters. The molecule has 1 heteroatoms. The van der Waals surface area contributed by atoms with E-state index in [1.54, 1.807) is 0 Å². The third kappa shape index (κ3) is 3.17. The highest BCUT2D eigenvalue weighted by molar-refractivity contribution is 6.10. The Morgan fingerprint density at radius 2 is 0.933 bits per heavy atom. The zero-order valence-electron chi connectivity index (χ0n) is 17.7. The Morgan fingerprint density at radius 1 is 0.533 bits per heavy atom.